The van der Waals surface area contributed by atoms with Crippen LogP contribution in [0.3, 0.4) is 0 Å². The van der Waals surface area contributed by atoms with Gasteiger partial charge in [0.1, 0.15) is 5.75 Å². The van der Waals surface area contributed by atoms with Crippen molar-refractivity contribution in [3.63, 3.8) is 0 Å². The van der Waals surface area contributed by atoms with Crippen molar-refractivity contribution in [2.45, 2.75) is 72.1 Å². The van der Waals surface area contributed by atoms with E-state index < -0.39 is 0 Å². The first-order chi connectivity index (χ1) is 13.5. The zero-order valence-corrected chi connectivity index (χ0v) is 17.1. The highest BCUT2D eigenvalue weighted by Crippen LogP contribution is 2.21. The number of nitrogens with one attached hydrogen (secondary N) is 2. The van der Waals surface area contributed by atoms with E-state index in [-0.39, 0.29) is 17.6 Å². The highest BCUT2D eigenvalue weighted by molar-refractivity contribution is 5.90. The third kappa shape index (κ3) is 9.30. The zero-order valence-electron chi connectivity index (χ0n) is 17.1. The van der Waals surface area contributed by atoms with Gasteiger partial charge in [-0.1, -0.05) is 39.5 Å². The second kappa shape index (κ2) is 13.5. The Bertz CT molecular complexity index is 699. The third-order valence-corrected chi connectivity index (χ3v) is 4.16. The number of unbranched alkanes of at least 4 members (excludes halogenated alkanes) is 4. The fourth-order valence-electron chi connectivity index (χ4n) is 2.54. The predicted molar refractivity (Wildman–Crippen MR) is 113 cm³/mol. The van der Waals surface area contributed by atoms with E-state index in [9.17, 15) is 14.7 Å². The van der Waals surface area contributed by atoms with E-state index in [1.54, 1.807) is 19.1 Å². The van der Waals surface area contributed by atoms with Gasteiger partial charge in [-0.15, -0.1) is 0 Å². The molecule has 0 heterocycles. The number of carbonyl (C=O) groups excluding carboxylic acids is 2. The average Bonchev–Trinajstić information content (AvgIpc) is 2.66. The van der Waals surface area contributed by atoms with Crippen LogP contribution in [0.15, 0.2) is 22.3 Å². The van der Waals surface area contributed by atoms with Crippen molar-refractivity contribution < 1.29 is 14.7 Å². The molecule has 0 aliphatic rings. The Kier molecular flexibility index (Phi) is 11.2. The molecule has 7 heteroatoms. The summed E-state index contributed by atoms with van der Waals surface area (Å²) in [6.07, 6.45) is 9.63. The number of phenolic OH excluding ortho intramolecular Hbond substituents is 1. The molecule has 0 saturated heterocycles. The summed E-state index contributed by atoms with van der Waals surface area (Å²) in [5.41, 5.74) is 6.79. The lowest BCUT2D eigenvalue weighted by Crippen LogP contribution is -2.17. The minimum Gasteiger partial charge on any atom is -0.507 e. The van der Waals surface area contributed by atoms with E-state index in [1.807, 2.05) is 0 Å². The third-order valence-electron chi connectivity index (χ3n) is 4.16. The summed E-state index contributed by atoms with van der Waals surface area (Å²) >= 11 is 0. The number of hydrazone groups is 2. The predicted octanol–water partition coefficient (Wildman–Crippen LogP) is 3.76. The van der Waals surface area contributed by atoms with Crippen molar-refractivity contribution in [2.24, 2.45) is 10.2 Å². The number of nitrogens with zero attached hydrogens (tertiary/aromatic N) is 2. The number of phenols is 1. The summed E-state index contributed by atoms with van der Waals surface area (Å²) in [5, 5.41) is 18.1. The minimum absolute atomic E-state index is 0.0877. The SMILES string of the molecule is CCCCCC(=O)N/N=C\c1cc(C)c(O)c(/C=N/NC(=O)CCCCC)c1. The van der Waals surface area contributed by atoms with Crippen molar-refractivity contribution in [3.8, 4) is 5.75 Å². The van der Waals surface area contributed by atoms with Crippen LogP contribution in [-0.2, 0) is 9.59 Å². The van der Waals surface area contributed by atoms with Gasteiger partial charge in [-0.25, -0.2) is 10.9 Å². The van der Waals surface area contributed by atoms with Crippen LogP contribution >= 0.6 is 0 Å². The van der Waals surface area contributed by atoms with Crippen LogP contribution in [0.2, 0.25) is 0 Å². The summed E-state index contributed by atoms with van der Waals surface area (Å²) in [7, 11) is 0. The van der Waals surface area contributed by atoms with Crippen molar-refractivity contribution in [2.75, 3.05) is 0 Å². The van der Waals surface area contributed by atoms with Gasteiger partial charge in [-0.05, 0) is 43.0 Å². The molecule has 0 bridgehead atoms. The van der Waals surface area contributed by atoms with Crippen LogP contribution in [0.25, 0.3) is 0 Å². The van der Waals surface area contributed by atoms with Gasteiger partial charge < -0.3 is 5.11 Å². The Balaban J connectivity index is 2.65. The van der Waals surface area contributed by atoms with Gasteiger partial charge in [0.15, 0.2) is 0 Å². The number of carbonyl (C=O) groups is 2. The van der Waals surface area contributed by atoms with Crippen molar-refractivity contribution in [1.82, 2.24) is 10.9 Å². The maximum absolute atomic E-state index is 11.7. The lowest BCUT2D eigenvalue weighted by Gasteiger charge is -2.05. The summed E-state index contributed by atoms with van der Waals surface area (Å²) in [4.78, 5) is 23.3. The van der Waals surface area contributed by atoms with Gasteiger partial charge in [0.25, 0.3) is 0 Å². The Morgan fingerprint density at radius 2 is 1.46 bits per heavy atom. The Morgan fingerprint density at radius 3 is 2.00 bits per heavy atom. The number of aromatic hydroxyl groups is 1. The molecule has 28 heavy (non-hydrogen) atoms. The number of hydrogen-bond donors (Lipinski definition) is 3. The molecule has 7 nitrogen and oxygen atoms in total. The van der Waals surface area contributed by atoms with Crippen LogP contribution < -0.4 is 10.9 Å². The molecule has 0 unspecified atom stereocenters. The summed E-state index contributed by atoms with van der Waals surface area (Å²) in [6.45, 7) is 5.92. The fourth-order valence-corrected chi connectivity index (χ4v) is 2.54. The largest absolute Gasteiger partial charge is 0.507 e. The molecule has 0 saturated carbocycles. The van der Waals surface area contributed by atoms with E-state index in [0.29, 0.717) is 29.5 Å². The van der Waals surface area contributed by atoms with E-state index >= 15 is 0 Å². The maximum atomic E-state index is 11.7. The normalized spacial score (nSPS) is 11.2. The monoisotopic (exact) mass is 388 g/mol. The molecule has 1 aromatic carbocycles. The number of rotatable bonds is 12. The summed E-state index contributed by atoms with van der Waals surface area (Å²) in [6, 6.07) is 3.44. The van der Waals surface area contributed by atoms with E-state index in [4.69, 9.17) is 0 Å². The van der Waals surface area contributed by atoms with Crippen LogP contribution in [-0.4, -0.2) is 29.4 Å². The molecular weight excluding hydrogens is 356 g/mol. The Hall–Kier alpha value is -2.70. The van der Waals surface area contributed by atoms with Crippen molar-refractivity contribution >= 4 is 24.2 Å². The molecule has 0 aliphatic heterocycles. The number of amides is 2. The van der Waals surface area contributed by atoms with Gasteiger partial charge in [0, 0.05) is 18.4 Å². The molecule has 0 spiro atoms. The molecule has 0 radical (unpaired) electrons. The van der Waals surface area contributed by atoms with E-state index in [2.05, 4.69) is 34.9 Å². The molecular formula is C21H32N4O3. The lowest BCUT2D eigenvalue weighted by atomic mass is 10.1. The molecule has 2 amide bonds. The molecule has 0 fully saturated rings. The lowest BCUT2D eigenvalue weighted by molar-refractivity contribution is -0.122. The number of hydrogen-bond acceptors (Lipinski definition) is 5. The second-order valence-electron chi connectivity index (χ2n) is 6.78. The first-order valence-corrected chi connectivity index (χ1v) is 9.95. The molecule has 0 atom stereocenters. The van der Waals surface area contributed by atoms with Gasteiger partial charge in [-0.2, -0.15) is 10.2 Å². The first-order valence-electron chi connectivity index (χ1n) is 9.95. The van der Waals surface area contributed by atoms with Crippen molar-refractivity contribution in [3.05, 3.63) is 28.8 Å². The van der Waals surface area contributed by atoms with Gasteiger partial charge in [-0.3, -0.25) is 9.59 Å². The summed E-state index contributed by atoms with van der Waals surface area (Å²) < 4.78 is 0. The zero-order chi connectivity index (χ0) is 20.8. The fraction of sp³-hybridized carbons (Fsp3) is 0.524. The maximum Gasteiger partial charge on any atom is 0.240 e. The number of aryl methyl sites for hydroxylation is 1. The standard InChI is InChI=1S/C21H32N4O3/c1-4-6-8-10-19(26)24-22-14-17-12-16(3)21(28)18(13-17)15-23-25-20(27)11-9-7-5-2/h12-15,28H,4-11H2,1-3H3,(H,24,26)(H,25,27)/b22-14-,23-15+. The first kappa shape index (κ1) is 23.3. The highest BCUT2D eigenvalue weighted by Gasteiger charge is 2.06. The molecule has 1 rings (SSSR count). The van der Waals surface area contributed by atoms with Gasteiger partial charge in [0.2, 0.25) is 11.8 Å². The molecule has 0 aromatic heterocycles. The second-order valence-corrected chi connectivity index (χ2v) is 6.78. The van der Waals surface area contributed by atoms with Crippen LogP contribution in [0, 0.1) is 6.92 Å². The van der Waals surface area contributed by atoms with Crippen LogP contribution in [0.4, 0.5) is 0 Å². The molecule has 0 aliphatic carbocycles. The quantitative estimate of drug-likeness (QED) is 0.288. The molecule has 3 N–H and O–H groups in total. The average molecular weight is 389 g/mol. The summed E-state index contributed by atoms with van der Waals surface area (Å²) in [5.74, 6) is -0.179. The topological polar surface area (TPSA) is 103 Å². The Morgan fingerprint density at radius 1 is 0.929 bits per heavy atom. The minimum atomic E-state index is -0.149. The van der Waals surface area contributed by atoms with Gasteiger partial charge in [0.05, 0.1) is 12.4 Å². The van der Waals surface area contributed by atoms with Crippen LogP contribution in [0.5, 0.6) is 5.75 Å². The van der Waals surface area contributed by atoms with Gasteiger partial charge >= 0.3 is 0 Å². The molecule has 154 valence electrons. The van der Waals surface area contributed by atoms with E-state index in [0.717, 1.165) is 38.5 Å². The Labute approximate surface area is 167 Å². The molecule has 1 aromatic rings. The smallest absolute Gasteiger partial charge is 0.240 e. The number of benzene rings is 1. The highest BCUT2D eigenvalue weighted by atomic mass is 16.3. The van der Waals surface area contributed by atoms with Crippen molar-refractivity contribution in [1.29, 1.82) is 0 Å². The van der Waals surface area contributed by atoms with E-state index in [1.165, 1.54) is 12.4 Å². The van der Waals surface area contributed by atoms with Crippen LogP contribution in [0.1, 0.15) is 81.9 Å².